The van der Waals surface area contributed by atoms with Crippen LogP contribution in [0.5, 0.6) is 11.5 Å². The third-order valence-electron chi connectivity index (χ3n) is 4.74. The second-order valence-electron chi connectivity index (χ2n) is 6.49. The molecular weight excluding hydrogens is 476 g/mol. The third-order valence-corrected chi connectivity index (χ3v) is 5.33. The van der Waals surface area contributed by atoms with Gasteiger partial charge in [0.25, 0.3) is 0 Å². The van der Waals surface area contributed by atoms with Crippen molar-refractivity contribution < 1.29 is 23.7 Å². The molecule has 3 rings (SSSR count). The number of halogens is 2. The van der Waals surface area contributed by atoms with E-state index < -0.39 is 0 Å². The fourth-order valence-electron chi connectivity index (χ4n) is 3.28. The summed E-state index contributed by atoms with van der Waals surface area (Å²) in [5.74, 6) is 0.944. The van der Waals surface area contributed by atoms with Crippen molar-refractivity contribution in [3.05, 3.63) is 45.9 Å². The first kappa shape index (κ1) is 24.1. The van der Waals surface area contributed by atoms with Crippen molar-refractivity contribution in [2.24, 2.45) is 0 Å². The van der Waals surface area contributed by atoms with Crippen LogP contribution >= 0.6 is 28.3 Å². The van der Waals surface area contributed by atoms with Crippen molar-refractivity contribution in [3.63, 3.8) is 0 Å². The summed E-state index contributed by atoms with van der Waals surface area (Å²) in [7, 11) is 4.60. The third kappa shape index (κ3) is 5.50. The van der Waals surface area contributed by atoms with Gasteiger partial charge >= 0.3 is 5.97 Å². The van der Waals surface area contributed by atoms with Crippen LogP contribution in [0.2, 0.25) is 0 Å². The molecule has 0 aromatic heterocycles. The van der Waals surface area contributed by atoms with E-state index in [0.717, 1.165) is 34.5 Å². The minimum atomic E-state index is -0.357. The maximum Gasteiger partial charge on any atom is 0.340 e. The molecule has 1 heterocycles. The number of morpholine rings is 1. The van der Waals surface area contributed by atoms with Gasteiger partial charge in [0, 0.05) is 25.3 Å². The Morgan fingerprint density at radius 1 is 1.13 bits per heavy atom. The maximum atomic E-state index is 12.4. The Morgan fingerprint density at radius 3 is 2.50 bits per heavy atom. The Labute approximate surface area is 191 Å². The lowest BCUT2D eigenvalue weighted by atomic mass is 10.1. The van der Waals surface area contributed by atoms with Gasteiger partial charge in [-0.3, -0.25) is 0 Å². The number of hydrogen-bond donors (Lipinski definition) is 1. The lowest BCUT2D eigenvalue weighted by molar-refractivity contribution is 0.0600. The Kier molecular flexibility index (Phi) is 9.08. The van der Waals surface area contributed by atoms with Crippen LogP contribution in [0, 0.1) is 0 Å². The molecular formula is C21H26BrClN2O5. The van der Waals surface area contributed by atoms with E-state index in [2.05, 4.69) is 26.1 Å². The SMILES string of the molecule is COC(=O)c1cc(NCc2cc(Br)c(OC)c(OC)c2)ccc1N1CCOCC1.Cl. The number of nitrogens with one attached hydrogen (secondary N) is 1. The highest BCUT2D eigenvalue weighted by atomic mass is 79.9. The molecule has 7 nitrogen and oxygen atoms in total. The van der Waals surface area contributed by atoms with Crippen LogP contribution in [0.4, 0.5) is 11.4 Å². The van der Waals surface area contributed by atoms with Crippen LogP contribution in [0.15, 0.2) is 34.8 Å². The molecule has 9 heteroatoms. The van der Waals surface area contributed by atoms with E-state index in [1.165, 1.54) is 7.11 Å². The van der Waals surface area contributed by atoms with E-state index in [1.54, 1.807) is 14.2 Å². The second-order valence-corrected chi connectivity index (χ2v) is 7.34. The van der Waals surface area contributed by atoms with Crippen molar-refractivity contribution in [1.82, 2.24) is 0 Å². The van der Waals surface area contributed by atoms with E-state index in [-0.39, 0.29) is 18.4 Å². The lowest BCUT2D eigenvalue weighted by Crippen LogP contribution is -2.37. The molecule has 0 spiro atoms. The number of rotatable bonds is 7. The number of nitrogens with zero attached hydrogens (tertiary/aromatic N) is 1. The summed E-state index contributed by atoms with van der Waals surface area (Å²) in [6.45, 7) is 3.34. The fraction of sp³-hybridized carbons (Fsp3) is 0.381. The summed E-state index contributed by atoms with van der Waals surface area (Å²) < 4.78 is 22.0. The molecule has 30 heavy (non-hydrogen) atoms. The highest BCUT2D eigenvalue weighted by Gasteiger charge is 2.20. The van der Waals surface area contributed by atoms with E-state index in [1.807, 2.05) is 30.3 Å². The molecule has 0 unspecified atom stereocenters. The molecule has 0 atom stereocenters. The molecule has 2 aromatic rings. The summed E-state index contributed by atoms with van der Waals surface area (Å²) in [6.07, 6.45) is 0. The molecule has 2 aromatic carbocycles. The van der Waals surface area contributed by atoms with Crippen molar-refractivity contribution in [2.75, 3.05) is 57.8 Å². The van der Waals surface area contributed by atoms with Gasteiger partial charge in [-0.2, -0.15) is 0 Å². The summed E-state index contributed by atoms with van der Waals surface area (Å²) in [5, 5.41) is 3.36. The minimum Gasteiger partial charge on any atom is -0.493 e. The van der Waals surface area contributed by atoms with Crippen LogP contribution < -0.4 is 19.7 Å². The zero-order valence-corrected chi connectivity index (χ0v) is 19.6. The molecule has 0 saturated carbocycles. The summed E-state index contributed by atoms with van der Waals surface area (Å²) in [4.78, 5) is 14.5. The van der Waals surface area contributed by atoms with Gasteiger partial charge in [-0.05, 0) is 51.8 Å². The van der Waals surface area contributed by atoms with Crippen LogP contribution in [0.3, 0.4) is 0 Å². The van der Waals surface area contributed by atoms with Crippen molar-refractivity contribution in [1.29, 1.82) is 0 Å². The van der Waals surface area contributed by atoms with E-state index in [0.29, 0.717) is 36.8 Å². The molecule has 0 bridgehead atoms. The lowest BCUT2D eigenvalue weighted by Gasteiger charge is -2.30. The normalized spacial score (nSPS) is 13.3. The molecule has 1 aliphatic rings. The molecule has 0 radical (unpaired) electrons. The van der Waals surface area contributed by atoms with Crippen LogP contribution in [0.25, 0.3) is 0 Å². The number of esters is 1. The monoisotopic (exact) mass is 500 g/mol. The molecule has 1 fully saturated rings. The molecule has 0 amide bonds. The predicted molar refractivity (Wildman–Crippen MR) is 123 cm³/mol. The van der Waals surface area contributed by atoms with E-state index in [4.69, 9.17) is 18.9 Å². The number of carbonyl (C=O) groups excluding carboxylic acids is 1. The Morgan fingerprint density at radius 2 is 1.87 bits per heavy atom. The van der Waals surface area contributed by atoms with Gasteiger partial charge in [-0.25, -0.2) is 4.79 Å². The summed E-state index contributed by atoms with van der Waals surface area (Å²) in [5.41, 5.74) is 3.23. The molecule has 1 N–H and O–H groups in total. The standard InChI is InChI=1S/C21H25BrN2O5.ClH/c1-26-19-11-14(10-17(22)20(19)27-2)13-23-15-4-5-18(16(12-15)21(25)28-3)24-6-8-29-9-7-24;/h4-5,10-12,23H,6-9,13H2,1-3H3;1H. The van der Waals surface area contributed by atoms with Crippen LogP contribution in [0.1, 0.15) is 15.9 Å². The number of ether oxygens (including phenoxy) is 4. The summed E-state index contributed by atoms with van der Waals surface area (Å²) >= 11 is 3.51. The van der Waals surface area contributed by atoms with Crippen molar-refractivity contribution in [2.45, 2.75) is 6.54 Å². The molecule has 164 valence electrons. The predicted octanol–water partition coefficient (Wildman–Crippen LogP) is 4.12. The fourth-order valence-corrected chi connectivity index (χ4v) is 3.93. The quantitative estimate of drug-likeness (QED) is 0.572. The van der Waals surface area contributed by atoms with E-state index >= 15 is 0 Å². The number of carbonyl (C=O) groups is 1. The summed E-state index contributed by atoms with van der Waals surface area (Å²) in [6, 6.07) is 9.63. The molecule has 1 saturated heterocycles. The molecule has 1 aliphatic heterocycles. The number of benzene rings is 2. The maximum absolute atomic E-state index is 12.4. The minimum absolute atomic E-state index is 0. The number of hydrogen-bond acceptors (Lipinski definition) is 7. The van der Waals surface area contributed by atoms with Gasteiger partial charge in [-0.15, -0.1) is 12.4 Å². The van der Waals surface area contributed by atoms with Crippen molar-refractivity contribution in [3.8, 4) is 11.5 Å². The van der Waals surface area contributed by atoms with Gasteiger partial charge in [0.1, 0.15) is 0 Å². The number of anilines is 2. The average Bonchev–Trinajstić information content (AvgIpc) is 2.77. The van der Waals surface area contributed by atoms with Gasteiger partial charge in [0.15, 0.2) is 11.5 Å². The van der Waals surface area contributed by atoms with Gasteiger partial charge in [0.2, 0.25) is 0 Å². The first-order valence-corrected chi connectivity index (χ1v) is 10.1. The molecule has 0 aliphatic carbocycles. The Hall–Kier alpha value is -2.16. The average molecular weight is 502 g/mol. The zero-order chi connectivity index (χ0) is 20.8. The largest absolute Gasteiger partial charge is 0.493 e. The highest BCUT2D eigenvalue weighted by molar-refractivity contribution is 9.10. The van der Waals surface area contributed by atoms with Crippen LogP contribution in [-0.2, 0) is 16.0 Å². The van der Waals surface area contributed by atoms with Gasteiger partial charge in [0.05, 0.1) is 50.3 Å². The van der Waals surface area contributed by atoms with Gasteiger partial charge in [-0.1, -0.05) is 0 Å². The Bertz CT molecular complexity index is 875. The first-order valence-electron chi connectivity index (χ1n) is 9.26. The Balaban J connectivity index is 0.00000320. The number of methoxy groups -OCH3 is 3. The van der Waals surface area contributed by atoms with Gasteiger partial charge < -0.3 is 29.2 Å². The van der Waals surface area contributed by atoms with Crippen molar-refractivity contribution >= 4 is 45.7 Å². The second kappa shape index (κ2) is 11.3. The first-order chi connectivity index (χ1) is 14.1. The van der Waals surface area contributed by atoms with E-state index in [9.17, 15) is 4.79 Å². The smallest absolute Gasteiger partial charge is 0.340 e. The van der Waals surface area contributed by atoms with Crippen LogP contribution in [-0.4, -0.2) is 53.6 Å². The highest BCUT2D eigenvalue weighted by Crippen LogP contribution is 2.36. The topological polar surface area (TPSA) is 69.3 Å². The zero-order valence-electron chi connectivity index (χ0n) is 17.2.